The van der Waals surface area contributed by atoms with Crippen molar-refractivity contribution in [2.45, 2.75) is 6.61 Å². The number of hydrogen-bond acceptors (Lipinski definition) is 4. The molecule has 160 valence electrons. The molecule has 0 saturated carbocycles. The molecule has 9 heteroatoms. The van der Waals surface area contributed by atoms with Gasteiger partial charge >= 0.3 is 0 Å². The zero-order valence-electron chi connectivity index (χ0n) is 16.0. The highest BCUT2D eigenvalue weighted by atomic mass is 79.9. The molecule has 0 bridgehead atoms. The fourth-order valence-corrected chi connectivity index (χ4v) is 4.17. The molecule has 0 heterocycles. The van der Waals surface area contributed by atoms with Crippen LogP contribution in [0.5, 0.6) is 5.75 Å². The van der Waals surface area contributed by atoms with Crippen LogP contribution in [0.25, 0.3) is 0 Å². The van der Waals surface area contributed by atoms with E-state index in [0.29, 0.717) is 23.1 Å². The molecule has 0 saturated heterocycles. The van der Waals surface area contributed by atoms with Gasteiger partial charge in [-0.2, -0.15) is 5.10 Å². The molecule has 0 fully saturated rings. The maximum absolute atomic E-state index is 12.9. The Bertz CT molecular complexity index is 1070. The first kappa shape index (κ1) is 23.2. The zero-order chi connectivity index (χ0) is 22.2. The smallest absolute Gasteiger partial charge is 0.259 e. The first-order valence-corrected chi connectivity index (χ1v) is 11.1. The van der Waals surface area contributed by atoms with Crippen LogP contribution in [-0.4, -0.2) is 18.7 Å². The number of carbonyl (C=O) groups is 1. The van der Waals surface area contributed by atoms with Crippen molar-refractivity contribution in [2.75, 3.05) is 11.9 Å². The van der Waals surface area contributed by atoms with E-state index >= 15 is 0 Å². The van der Waals surface area contributed by atoms with E-state index in [-0.39, 0.29) is 18.3 Å². The number of amides is 1. The summed E-state index contributed by atoms with van der Waals surface area (Å²) in [5.41, 5.74) is 4.70. The van der Waals surface area contributed by atoms with Crippen molar-refractivity contribution in [3.8, 4) is 5.75 Å². The summed E-state index contributed by atoms with van der Waals surface area (Å²) in [5, 5.41) is 7.49. The number of anilines is 1. The summed E-state index contributed by atoms with van der Waals surface area (Å²) < 4.78 is 20.2. The third-order valence-corrected chi connectivity index (χ3v) is 5.60. The van der Waals surface area contributed by atoms with Gasteiger partial charge < -0.3 is 10.1 Å². The predicted molar refractivity (Wildman–Crippen MR) is 128 cm³/mol. The molecule has 3 aromatic carbocycles. The molecule has 0 radical (unpaired) electrons. The van der Waals surface area contributed by atoms with Crippen LogP contribution in [0.4, 0.5) is 10.1 Å². The van der Waals surface area contributed by atoms with Crippen LogP contribution in [0.3, 0.4) is 0 Å². The number of carbonyl (C=O) groups excluding carboxylic acids is 1. The van der Waals surface area contributed by atoms with E-state index in [1.807, 2.05) is 36.4 Å². The molecule has 0 aliphatic heterocycles. The van der Waals surface area contributed by atoms with Gasteiger partial charge in [0.1, 0.15) is 18.2 Å². The van der Waals surface area contributed by atoms with Gasteiger partial charge in [-0.15, -0.1) is 0 Å². The first-order chi connectivity index (χ1) is 14.9. The van der Waals surface area contributed by atoms with E-state index in [2.05, 4.69) is 47.7 Å². The highest BCUT2D eigenvalue weighted by Gasteiger charge is 2.10. The maximum atomic E-state index is 12.9. The Balaban J connectivity index is 1.54. The predicted octanol–water partition coefficient (Wildman–Crippen LogP) is 6.15. The van der Waals surface area contributed by atoms with Crippen molar-refractivity contribution in [3.05, 3.63) is 91.6 Å². The Labute approximate surface area is 200 Å². The lowest BCUT2D eigenvalue weighted by molar-refractivity contribution is -0.119. The number of benzene rings is 3. The topological polar surface area (TPSA) is 62.7 Å². The molecule has 0 aliphatic carbocycles. The minimum Gasteiger partial charge on any atom is -0.486 e. The Morgan fingerprint density at radius 2 is 1.77 bits per heavy atom. The molecule has 0 aromatic heterocycles. The molecule has 2 N–H and O–H groups in total. The molecule has 3 rings (SSSR count). The standard InChI is InChI=1S/C22H17Br2ClFN3O2/c23-18-9-14(10-19(24)22(18)31-13-15-3-1-2-4-20(15)25)11-28-29-21(30)12-27-17-7-5-16(26)6-8-17/h1-11,27H,12-13H2,(H,29,30)/b28-11-. The van der Waals surface area contributed by atoms with Crippen molar-refractivity contribution >= 4 is 61.3 Å². The van der Waals surface area contributed by atoms with Crippen molar-refractivity contribution in [1.82, 2.24) is 5.43 Å². The highest BCUT2D eigenvalue weighted by Crippen LogP contribution is 2.35. The van der Waals surface area contributed by atoms with Gasteiger partial charge in [0.2, 0.25) is 0 Å². The zero-order valence-corrected chi connectivity index (χ0v) is 20.0. The summed E-state index contributed by atoms with van der Waals surface area (Å²) in [5.74, 6) is -0.0415. The van der Waals surface area contributed by atoms with Gasteiger partial charge in [0.25, 0.3) is 5.91 Å². The molecule has 31 heavy (non-hydrogen) atoms. The number of nitrogens with one attached hydrogen (secondary N) is 2. The van der Waals surface area contributed by atoms with Crippen LogP contribution in [-0.2, 0) is 11.4 Å². The van der Waals surface area contributed by atoms with Gasteiger partial charge in [-0.1, -0.05) is 29.8 Å². The van der Waals surface area contributed by atoms with Crippen LogP contribution >= 0.6 is 43.5 Å². The average molecular weight is 570 g/mol. The largest absolute Gasteiger partial charge is 0.486 e. The summed E-state index contributed by atoms with van der Waals surface area (Å²) in [6, 6.07) is 16.9. The SMILES string of the molecule is O=C(CNc1ccc(F)cc1)N/N=C\c1cc(Br)c(OCc2ccccc2Cl)c(Br)c1. The normalized spacial score (nSPS) is 10.8. The lowest BCUT2D eigenvalue weighted by Crippen LogP contribution is -2.25. The van der Waals surface area contributed by atoms with E-state index in [0.717, 1.165) is 20.1 Å². The van der Waals surface area contributed by atoms with Crippen LogP contribution in [0.1, 0.15) is 11.1 Å². The molecule has 1 amide bonds. The maximum Gasteiger partial charge on any atom is 0.259 e. The molecule has 3 aromatic rings. The lowest BCUT2D eigenvalue weighted by Gasteiger charge is -2.12. The van der Waals surface area contributed by atoms with Crippen molar-refractivity contribution in [3.63, 3.8) is 0 Å². The van der Waals surface area contributed by atoms with Crippen molar-refractivity contribution in [2.24, 2.45) is 5.10 Å². The minimum atomic E-state index is -0.336. The summed E-state index contributed by atoms with van der Waals surface area (Å²) in [7, 11) is 0. The highest BCUT2D eigenvalue weighted by molar-refractivity contribution is 9.11. The minimum absolute atomic E-state index is 0.00514. The number of ether oxygens (including phenoxy) is 1. The van der Waals surface area contributed by atoms with E-state index in [9.17, 15) is 9.18 Å². The third kappa shape index (κ3) is 7.05. The summed E-state index contributed by atoms with van der Waals surface area (Å²) in [6.07, 6.45) is 1.52. The Kier molecular flexibility index (Phi) is 8.45. The van der Waals surface area contributed by atoms with Gasteiger partial charge in [-0.3, -0.25) is 4.79 Å². The lowest BCUT2D eigenvalue weighted by atomic mass is 10.2. The number of hydrogen-bond donors (Lipinski definition) is 2. The Hall–Kier alpha value is -2.42. The molecule has 5 nitrogen and oxygen atoms in total. The second-order valence-corrected chi connectivity index (χ2v) is 8.46. The first-order valence-electron chi connectivity index (χ1n) is 9.09. The Morgan fingerprint density at radius 1 is 1.10 bits per heavy atom. The Morgan fingerprint density at radius 3 is 2.45 bits per heavy atom. The summed E-state index contributed by atoms with van der Waals surface area (Å²) in [4.78, 5) is 11.9. The van der Waals surface area contributed by atoms with E-state index in [1.54, 1.807) is 12.1 Å². The number of halogens is 4. The van der Waals surface area contributed by atoms with E-state index < -0.39 is 0 Å². The molecule has 0 atom stereocenters. The van der Waals surface area contributed by atoms with Gasteiger partial charge in [0, 0.05) is 16.3 Å². The number of hydrazone groups is 1. The quantitative estimate of drug-likeness (QED) is 0.253. The second-order valence-electron chi connectivity index (χ2n) is 6.35. The van der Waals surface area contributed by atoms with Gasteiger partial charge in [-0.25, -0.2) is 9.82 Å². The molecule has 0 spiro atoms. The fraction of sp³-hybridized carbons (Fsp3) is 0.0909. The average Bonchev–Trinajstić information content (AvgIpc) is 2.74. The van der Waals surface area contributed by atoms with Crippen LogP contribution < -0.4 is 15.5 Å². The van der Waals surface area contributed by atoms with Gasteiger partial charge in [0.05, 0.1) is 21.7 Å². The monoisotopic (exact) mass is 567 g/mol. The second kappa shape index (κ2) is 11.3. The molecule has 0 unspecified atom stereocenters. The third-order valence-electron chi connectivity index (χ3n) is 4.05. The molecular weight excluding hydrogens is 553 g/mol. The summed E-state index contributed by atoms with van der Waals surface area (Å²) in [6.45, 7) is 0.326. The summed E-state index contributed by atoms with van der Waals surface area (Å²) >= 11 is 13.2. The van der Waals surface area contributed by atoms with E-state index in [1.165, 1.54) is 18.3 Å². The van der Waals surface area contributed by atoms with Crippen molar-refractivity contribution in [1.29, 1.82) is 0 Å². The van der Waals surface area contributed by atoms with Crippen LogP contribution in [0.15, 0.2) is 74.7 Å². The van der Waals surface area contributed by atoms with Gasteiger partial charge in [0.15, 0.2) is 0 Å². The molecular formula is C22H17Br2ClFN3O2. The molecule has 0 aliphatic rings. The van der Waals surface area contributed by atoms with E-state index in [4.69, 9.17) is 16.3 Å². The van der Waals surface area contributed by atoms with Gasteiger partial charge in [-0.05, 0) is 79.9 Å². The number of rotatable bonds is 8. The van der Waals surface area contributed by atoms with Crippen LogP contribution in [0.2, 0.25) is 5.02 Å². The fourth-order valence-electron chi connectivity index (χ4n) is 2.53. The number of nitrogens with zero attached hydrogens (tertiary/aromatic N) is 1. The van der Waals surface area contributed by atoms with Crippen LogP contribution in [0, 0.1) is 5.82 Å². The van der Waals surface area contributed by atoms with Crippen molar-refractivity contribution < 1.29 is 13.9 Å².